The first-order chi connectivity index (χ1) is 13.0. The predicted molar refractivity (Wildman–Crippen MR) is 105 cm³/mol. The van der Waals surface area contributed by atoms with Gasteiger partial charge in [0.2, 0.25) is 6.54 Å². The van der Waals surface area contributed by atoms with Gasteiger partial charge in [0.05, 0.1) is 5.92 Å². The van der Waals surface area contributed by atoms with Gasteiger partial charge in [0.15, 0.2) is 11.5 Å². The van der Waals surface area contributed by atoms with Crippen LogP contribution in [0.5, 0.6) is 17.2 Å². The van der Waals surface area contributed by atoms with Gasteiger partial charge in [-0.25, -0.2) is 0 Å². The van der Waals surface area contributed by atoms with Crippen LogP contribution in [0.1, 0.15) is 71.3 Å². The van der Waals surface area contributed by atoms with Gasteiger partial charge in [0.25, 0.3) is 0 Å². The van der Waals surface area contributed by atoms with Gasteiger partial charge in [-0.1, -0.05) is 27.2 Å². The summed E-state index contributed by atoms with van der Waals surface area (Å²) in [6.45, 7) is 8.87. The molecule has 1 heterocycles. The van der Waals surface area contributed by atoms with Crippen LogP contribution in [0.3, 0.4) is 0 Å². The Morgan fingerprint density at radius 3 is 2.50 bits per heavy atom. The van der Waals surface area contributed by atoms with E-state index in [-0.39, 0.29) is 45.6 Å². The van der Waals surface area contributed by atoms with Crippen molar-refractivity contribution < 1.29 is 19.9 Å². The summed E-state index contributed by atoms with van der Waals surface area (Å²) < 4.78 is 6.46. The monoisotopic (exact) mass is 389 g/mol. The molecule has 6 heteroatoms. The molecule has 2 saturated carbocycles. The van der Waals surface area contributed by atoms with E-state index in [0.29, 0.717) is 17.2 Å². The summed E-state index contributed by atoms with van der Waals surface area (Å²) in [7, 11) is 0. The molecule has 0 radical (unpaired) electrons. The minimum Gasteiger partial charge on any atom is -0.504 e. The van der Waals surface area contributed by atoms with E-state index >= 15 is 0 Å². The van der Waals surface area contributed by atoms with Gasteiger partial charge in [0.1, 0.15) is 11.4 Å². The topological polar surface area (TPSA) is 92.8 Å². The van der Waals surface area contributed by atoms with Crippen molar-refractivity contribution in [2.24, 2.45) is 22.7 Å². The molecule has 0 unspecified atom stereocenters. The van der Waals surface area contributed by atoms with E-state index in [2.05, 4.69) is 27.7 Å². The first-order valence-corrected chi connectivity index (χ1v) is 10.3. The van der Waals surface area contributed by atoms with Gasteiger partial charge in [0, 0.05) is 22.5 Å². The van der Waals surface area contributed by atoms with Crippen LogP contribution in [0.2, 0.25) is 0 Å². The van der Waals surface area contributed by atoms with Crippen molar-refractivity contribution in [1.29, 1.82) is 0 Å². The highest BCUT2D eigenvalue weighted by molar-refractivity contribution is 5.52. The molecule has 0 aromatic heterocycles. The fraction of sp³-hybridized carbons (Fsp3) is 0.727. The standard InChI is InChI=1S/C22H31NO5/c1-20(2)7-5-8-21(3)18(20)6-9-22(4)19(21)14(12-23(26)27)13-10-15(24)16(25)11-17(13)28-22/h10-11,14,18-19,24-25H,5-9,12H2,1-4H3/t14-,18+,19-,21+,22+/m1/s1. The molecular formula is C22H31NO5. The molecule has 3 aliphatic rings. The number of aromatic hydroxyl groups is 2. The Hall–Kier alpha value is -1.98. The molecule has 28 heavy (non-hydrogen) atoms. The van der Waals surface area contributed by atoms with Crippen LogP contribution in [0.4, 0.5) is 0 Å². The number of ether oxygens (including phenoxy) is 1. The van der Waals surface area contributed by atoms with Gasteiger partial charge in [-0.15, -0.1) is 0 Å². The zero-order valence-corrected chi connectivity index (χ0v) is 17.2. The zero-order valence-electron chi connectivity index (χ0n) is 17.2. The Labute approximate surface area is 166 Å². The molecule has 5 atom stereocenters. The van der Waals surface area contributed by atoms with E-state index in [1.807, 2.05) is 0 Å². The summed E-state index contributed by atoms with van der Waals surface area (Å²) in [5, 5.41) is 31.7. The van der Waals surface area contributed by atoms with Crippen LogP contribution in [0.15, 0.2) is 12.1 Å². The second-order valence-corrected chi connectivity index (χ2v) is 10.3. The number of phenols is 2. The Bertz CT molecular complexity index is 821. The second kappa shape index (κ2) is 6.01. The Morgan fingerprint density at radius 1 is 1.14 bits per heavy atom. The first-order valence-electron chi connectivity index (χ1n) is 10.3. The lowest BCUT2D eigenvalue weighted by Crippen LogP contribution is -2.63. The molecule has 2 aliphatic carbocycles. The molecule has 1 aliphatic heterocycles. The largest absolute Gasteiger partial charge is 0.504 e. The van der Waals surface area contributed by atoms with Gasteiger partial charge in [-0.3, -0.25) is 10.1 Å². The average molecular weight is 389 g/mol. The van der Waals surface area contributed by atoms with Crippen LogP contribution in [0, 0.1) is 32.8 Å². The molecule has 2 N–H and O–H groups in total. The number of benzene rings is 1. The zero-order chi connectivity index (χ0) is 20.5. The highest BCUT2D eigenvalue weighted by atomic mass is 16.6. The molecule has 0 bridgehead atoms. The lowest BCUT2D eigenvalue weighted by Gasteiger charge is -2.64. The van der Waals surface area contributed by atoms with E-state index in [1.54, 1.807) is 0 Å². The van der Waals surface area contributed by atoms with Gasteiger partial charge in [-0.2, -0.15) is 0 Å². The third-order valence-corrected chi connectivity index (χ3v) is 8.17. The summed E-state index contributed by atoms with van der Waals surface area (Å²) in [6.07, 6.45) is 5.23. The van der Waals surface area contributed by atoms with E-state index in [4.69, 9.17) is 4.74 Å². The summed E-state index contributed by atoms with van der Waals surface area (Å²) in [5.74, 6) is 0.0900. The van der Waals surface area contributed by atoms with Gasteiger partial charge >= 0.3 is 0 Å². The van der Waals surface area contributed by atoms with Crippen molar-refractivity contribution in [1.82, 2.24) is 0 Å². The number of fused-ring (bicyclic) bond motifs is 4. The maximum absolute atomic E-state index is 11.7. The molecule has 2 fully saturated rings. The maximum atomic E-state index is 11.7. The smallest absolute Gasteiger partial charge is 0.211 e. The third kappa shape index (κ3) is 2.67. The molecule has 0 amide bonds. The first kappa shape index (κ1) is 19.3. The fourth-order valence-corrected chi connectivity index (χ4v) is 7.29. The lowest BCUT2D eigenvalue weighted by atomic mass is 9.43. The quantitative estimate of drug-likeness (QED) is 0.428. The summed E-state index contributed by atoms with van der Waals surface area (Å²) in [5.41, 5.74) is 0.265. The average Bonchev–Trinajstić information content (AvgIpc) is 2.54. The second-order valence-electron chi connectivity index (χ2n) is 10.3. The summed E-state index contributed by atoms with van der Waals surface area (Å²) >= 11 is 0. The molecule has 0 spiro atoms. The summed E-state index contributed by atoms with van der Waals surface area (Å²) in [6, 6.07) is 2.89. The molecule has 0 saturated heterocycles. The molecular weight excluding hydrogens is 358 g/mol. The highest BCUT2D eigenvalue weighted by Gasteiger charge is 2.64. The van der Waals surface area contributed by atoms with Crippen molar-refractivity contribution in [2.45, 2.75) is 71.3 Å². The van der Waals surface area contributed by atoms with Crippen molar-refractivity contribution in [3.8, 4) is 17.2 Å². The molecule has 1 aromatic carbocycles. The summed E-state index contributed by atoms with van der Waals surface area (Å²) in [4.78, 5) is 11.4. The minimum absolute atomic E-state index is 0.0137. The van der Waals surface area contributed by atoms with Crippen LogP contribution < -0.4 is 4.74 Å². The maximum Gasteiger partial charge on any atom is 0.211 e. The number of nitro groups is 1. The van der Waals surface area contributed by atoms with Crippen molar-refractivity contribution in [3.05, 3.63) is 27.8 Å². The van der Waals surface area contributed by atoms with Gasteiger partial charge in [-0.05, 0) is 55.4 Å². The molecule has 1 aromatic rings. The van der Waals surface area contributed by atoms with Crippen molar-refractivity contribution in [3.63, 3.8) is 0 Å². The van der Waals surface area contributed by atoms with Crippen LogP contribution in [-0.4, -0.2) is 27.3 Å². The minimum atomic E-state index is -0.518. The van der Waals surface area contributed by atoms with Gasteiger partial charge < -0.3 is 14.9 Å². The fourth-order valence-electron chi connectivity index (χ4n) is 7.29. The number of hydrogen-bond acceptors (Lipinski definition) is 5. The Morgan fingerprint density at radius 2 is 1.82 bits per heavy atom. The molecule has 4 rings (SSSR count). The van der Waals surface area contributed by atoms with Crippen molar-refractivity contribution >= 4 is 0 Å². The highest BCUT2D eigenvalue weighted by Crippen LogP contribution is 2.67. The SMILES string of the molecule is CC1(C)CCC[C@]2(C)[C@H]3[C@H](C[N+](=O)[O-])c4cc(O)c(O)cc4O[C@@]3(C)CC[C@@H]12. The number of phenolic OH excluding ortho intramolecular Hbond substituents is 2. The van der Waals surface area contributed by atoms with Crippen LogP contribution in [-0.2, 0) is 0 Å². The van der Waals surface area contributed by atoms with E-state index < -0.39 is 5.60 Å². The Balaban J connectivity index is 1.90. The number of nitrogens with zero attached hydrogens (tertiary/aromatic N) is 1. The lowest BCUT2D eigenvalue weighted by molar-refractivity contribution is -0.487. The van der Waals surface area contributed by atoms with Crippen molar-refractivity contribution in [2.75, 3.05) is 6.54 Å². The van der Waals surface area contributed by atoms with E-state index in [9.17, 15) is 20.3 Å². The molecule has 6 nitrogen and oxygen atoms in total. The normalized spacial score (nSPS) is 38.5. The van der Waals surface area contributed by atoms with Crippen LogP contribution >= 0.6 is 0 Å². The Kier molecular flexibility index (Phi) is 4.15. The molecule has 154 valence electrons. The number of hydrogen-bond donors (Lipinski definition) is 2. The third-order valence-electron chi connectivity index (χ3n) is 8.17. The van der Waals surface area contributed by atoms with E-state index in [1.165, 1.54) is 18.6 Å². The van der Waals surface area contributed by atoms with Crippen LogP contribution in [0.25, 0.3) is 0 Å². The number of rotatable bonds is 2. The van der Waals surface area contributed by atoms with E-state index in [0.717, 1.165) is 25.7 Å². The predicted octanol–water partition coefficient (Wildman–Crippen LogP) is 4.85.